The van der Waals surface area contributed by atoms with E-state index in [0.29, 0.717) is 6.04 Å². The van der Waals surface area contributed by atoms with E-state index in [1.807, 2.05) is 6.07 Å². The normalized spacial score (nSPS) is 18.6. The fraction of sp³-hybridized carbons (Fsp3) is 0.400. The first-order valence-electron chi connectivity index (χ1n) is 6.66. The van der Waals surface area contributed by atoms with Crippen LogP contribution in [0, 0.1) is 0 Å². The van der Waals surface area contributed by atoms with Gasteiger partial charge < -0.3 is 9.88 Å². The van der Waals surface area contributed by atoms with E-state index in [4.69, 9.17) is 4.98 Å². The lowest BCUT2D eigenvalue weighted by Crippen LogP contribution is -2.36. The van der Waals surface area contributed by atoms with Gasteiger partial charge in [-0.25, -0.2) is 4.98 Å². The maximum absolute atomic E-state index is 4.90. The summed E-state index contributed by atoms with van der Waals surface area (Å²) in [6.45, 7) is 1.86. The quantitative estimate of drug-likeness (QED) is 0.889. The first kappa shape index (κ1) is 12.4. The molecule has 1 unspecified atom stereocenters. The molecule has 2 heterocycles. The number of likely N-dealkylation sites (N-methyl/N-ethyl adjacent to an activating group) is 1. The number of imidazole rings is 1. The Kier molecular flexibility index (Phi) is 3.12. The Balaban J connectivity index is 2.10. The molecule has 0 amide bonds. The van der Waals surface area contributed by atoms with E-state index in [1.165, 1.54) is 17.0 Å². The van der Waals surface area contributed by atoms with E-state index >= 15 is 0 Å². The molecule has 19 heavy (non-hydrogen) atoms. The lowest BCUT2D eigenvalue weighted by atomic mass is 10.1. The molecule has 4 heteroatoms. The molecular weight excluding hydrogens is 236 g/mol. The molecule has 1 aromatic carbocycles. The van der Waals surface area contributed by atoms with Crippen molar-refractivity contribution in [2.45, 2.75) is 12.6 Å². The molecule has 1 N–H and O–H groups in total. The average Bonchev–Trinajstić information content (AvgIpc) is 2.77. The number of nitrogens with zero attached hydrogens (tertiary/aromatic N) is 3. The molecule has 0 radical (unpaired) electrons. The van der Waals surface area contributed by atoms with Gasteiger partial charge >= 0.3 is 0 Å². The first-order chi connectivity index (χ1) is 9.18. The van der Waals surface area contributed by atoms with Crippen molar-refractivity contribution >= 4 is 0 Å². The first-order valence-corrected chi connectivity index (χ1v) is 6.66. The Morgan fingerprint density at radius 1 is 1.26 bits per heavy atom. The molecule has 100 valence electrons. The van der Waals surface area contributed by atoms with Crippen molar-refractivity contribution in [2.75, 3.05) is 20.6 Å². The Labute approximate surface area is 114 Å². The van der Waals surface area contributed by atoms with E-state index in [2.05, 4.69) is 60.2 Å². The van der Waals surface area contributed by atoms with Gasteiger partial charge in [-0.1, -0.05) is 30.3 Å². The SMILES string of the molecule is CN(C)C1CNCc2c1nc(-c1ccccc1)n2C. The number of nitrogens with one attached hydrogen (secondary N) is 1. The summed E-state index contributed by atoms with van der Waals surface area (Å²) in [7, 11) is 6.32. The molecule has 3 rings (SSSR count). The van der Waals surface area contributed by atoms with Crippen LogP contribution in [0.15, 0.2) is 30.3 Å². The van der Waals surface area contributed by atoms with Crippen LogP contribution in [-0.4, -0.2) is 35.1 Å². The highest BCUT2D eigenvalue weighted by atomic mass is 15.2. The summed E-state index contributed by atoms with van der Waals surface area (Å²) in [5, 5.41) is 3.48. The molecule has 1 aliphatic heterocycles. The minimum absolute atomic E-state index is 0.354. The summed E-state index contributed by atoms with van der Waals surface area (Å²) >= 11 is 0. The van der Waals surface area contributed by atoms with Crippen LogP contribution in [0.4, 0.5) is 0 Å². The second-order valence-corrected chi connectivity index (χ2v) is 5.30. The molecule has 2 aromatic rings. The molecule has 0 bridgehead atoms. The number of rotatable bonds is 2. The summed E-state index contributed by atoms with van der Waals surface area (Å²) in [5.74, 6) is 1.06. The Hall–Kier alpha value is -1.65. The van der Waals surface area contributed by atoms with Crippen LogP contribution < -0.4 is 5.32 Å². The molecular formula is C15H20N4. The van der Waals surface area contributed by atoms with E-state index in [0.717, 1.165) is 18.9 Å². The van der Waals surface area contributed by atoms with Gasteiger partial charge in [0.2, 0.25) is 0 Å². The molecule has 1 atom stereocenters. The zero-order valence-corrected chi connectivity index (χ0v) is 11.7. The van der Waals surface area contributed by atoms with E-state index in [-0.39, 0.29) is 0 Å². The average molecular weight is 256 g/mol. The lowest BCUT2D eigenvalue weighted by Gasteiger charge is -2.28. The predicted octanol–water partition coefficient (Wildman–Crippen LogP) is 1.79. The van der Waals surface area contributed by atoms with E-state index < -0.39 is 0 Å². The van der Waals surface area contributed by atoms with Crippen molar-refractivity contribution in [1.29, 1.82) is 0 Å². The van der Waals surface area contributed by atoms with Gasteiger partial charge in [0.15, 0.2) is 0 Å². The minimum atomic E-state index is 0.354. The lowest BCUT2D eigenvalue weighted by molar-refractivity contribution is 0.269. The largest absolute Gasteiger partial charge is 0.330 e. The van der Waals surface area contributed by atoms with Crippen LogP contribution in [0.25, 0.3) is 11.4 Å². The van der Waals surface area contributed by atoms with Crippen LogP contribution in [0.1, 0.15) is 17.4 Å². The van der Waals surface area contributed by atoms with Crippen LogP contribution in [0.5, 0.6) is 0 Å². The zero-order chi connectivity index (χ0) is 13.4. The molecule has 0 spiro atoms. The topological polar surface area (TPSA) is 33.1 Å². The van der Waals surface area contributed by atoms with Crippen LogP contribution >= 0.6 is 0 Å². The highest BCUT2D eigenvalue weighted by Gasteiger charge is 2.27. The number of aromatic nitrogens is 2. The van der Waals surface area contributed by atoms with Gasteiger partial charge in [-0.15, -0.1) is 0 Å². The number of hydrogen-bond acceptors (Lipinski definition) is 3. The van der Waals surface area contributed by atoms with Crippen LogP contribution in [0.2, 0.25) is 0 Å². The standard InChI is InChI=1S/C15H20N4/c1-18(2)12-9-16-10-13-14(12)17-15(19(13)3)11-7-5-4-6-8-11/h4-8,12,16H,9-10H2,1-3H3. The van der Waals surface area contributed by atoms with Gasteiger partial charge in [-0.3, -0.25) is 4.90 Å². The van der Waals surface area contributed by atoms with Gasteiger partial charge in [0.25, 0.3) is 0 Å². The zero-order valence-electron chi connectivity index (χ0n) is 11.7. The Morgan fingerprint density at radius 3 is 2.68 bits per heavy atom. The smallest absolute Gasteiger partial charge is 0.140 e. The van der Waals surface area contributed by atoms with Crippen molar-refractivity contribution < 1.29 is 0 Å². The second kappa shape index (κ2) is 4.79. The van der Waals surface area contributed by atoms with Gasteiger partial charge in [0.1, 0.15) is 5.82 Å². The third-order valence-corrected chi connectivity index (χ3v) is 3.85. The molecule has 0 fully saturated rings. The highest BCUT2D eigenvalue weighted by Crippen LogP contribution is 2.29. The fourth-order valence-corrected chi connectivity index (χ4v) is 2.73. The van der Waals surface area contributed by atoms with Gasteiger partial charge in [0, 0.05) is 25.7 Å². The monoisotopic (exact) mass is 256 g/mol. The maximum Gasteiger partial charge on any atom is 0.140 e. The summed E-state index contributed by atoms with van der Waals surface area (Å²) in [5.41, 5.74) is 3.69. The minimum Gasteiger partial charge on any atom is -0.330 e. The summed E-state index contributed by atoms with van der Waals surface area (Å²) < 4.78 is 2.22. The molecule has 4 nitrogen and oxygen atoms in total. The number of fused-ring (bicyclic) bond motifs is 1. The van der Waals surface area contributed by atoms with Crippen molar-refractivity contribution in [3.63, 3.8) is 0 Å². The fourth-order valence-electron chi connectivity index (χ4n) is 2.73. The van der Waals surface area contributed by atoms with Crippen molar-refractivity contribution in [3.05, 3.63) is 41.7 Å². The van der Waals surface area contributed by atoms with E-state index in [9.17, 15) is 0 Å². The molecule has 0 saturated carbocycles. The number of hydrogen-bond donors (Lipinski definition) is 1. The molecule has 0 saturated heterocycles. The van der Waals surface area contributed by atoms with E-state index in [1.54, 1.807) is 0 Å². The van der Waals surface area contributed by atoms with Gasteiger partial charge in [-0.2, -0.15) is 0 Å². The van der Waals surface area contributed by atoms with Gasteiger partial charge in [-0.05, 0) is 14.1 Å². The summed E-state index contributed by atoms with van der Waals surface area (Å²) in [6.07, 6.45) is 0. The molecule has 1 aromatic heterocycles. The van der Waals surface area contributed by atoms with Gasteiger partial charge in [0.05, 0.1) is 17.4 Å². The predicted molar refractivity (Wildman–Crippen MR) is 76.8 cm³/mol. The second-order valence-electron chi connectivity index (χ2n) is 5.30. The van der Waals surface area contributed by atoms with Crippen molar-refractivity contribution in [3.8, 4) is 11.4 Å². The summed E-state index contributed by atoms with van der Waals surface area (Å²) in [4.78, 5) is 7.13. The number of benzene rings is 1. The molecule has 1 aliphatic rings. The maximum atomic E-state index is 4.90. The Bertz CT molecular complexity index is 571. The highest BCUT2D eigenvalue weighted by molar-refractivity contribution is 5.57. The third kappa shape index (κ3) is 2.07. The van der Waals surface area contributed by atoms with Crippen molar-refractivity contribution in [2.24, 2.45) is 7.05 Å². The third-order valence-electron chi connectivity index (χ3n) is 3.85. The Morgan fingerprint density at radius 2 is 2.00 bits per heavy atom. The summed E-state index contributed by atoms with van der Waals surface area (Å²) in [6, 6.07) is 10.7. The van der Waals surface area contributed by atoms with Crippen molar-refractivity contribution in [1.82, 2.24) is 19.8 Å². The van der Waals surface area contributed by atoms with Crippen LogP contribution in [0.3, 0.4) is 0 Å². The van der Waals surface area contributed by atoms with Crippen LogP contribution in [-0.2, 0) is 13.6 Å². The molecule has 0 aliphatic carbocycles.